The number of hydrogen-bond donors (Lipinski definition) is 0. The van der Waals surface area contributed by atoms with Crippen LogP contribution >= 0.6 is 0 Å². The lowest BCUT2D eigenvalue weighted by atomic mass is 9.95. The van der Waals surface area contributed by atoms with E-state index in [1.807, 2.05) is 12.1 Å². The van der Waals surface area contributed by atoms with Crippen molar-refractivity contribution in [2.75, 3.05) is 18.6 Å². The molecule has 1 aromatic heterocycles. The third-order valence-corrected chi connectivity index (χ3v) is 6.60. The van der Waals surface area contributed by atoms with Crippen molar-refractivity contribution in [1.82, 2.24) is 14.8 Å². The van der Waals surface area contributed by atoms with Crippen LogP contribution in [0.3, 0.4) is 0 Å². The summed E-state index contributed by atoms with van der Waals surface area (Å²) in [5, 5.41) is 9.00. The quantitative estimate of drug-likeness (QED) is 0.617. The van der Waals surface area contributed by atoms with Crippen LogP contribution in [0.5, 0.6) is 0 Å². The fraction of sp³-hybridized carbons (Fsp3) is 0.444. The van der Waals surface area contributed by atoms with E-state index < -0.39 is 0 Å². The van der Waals surface area contributed by atoms with Gasteiger partial charge in [0.1, 0.15) is 13.2 Å². The van der Waals surface area contributed by atoms with E-state index in [1.165, 1.54) is 0 Å². The molecule has 0 aliphatic carbocycles. The number of terminal acetylenes is 1. The molecule has 1 unspecified atom stereocenters. The standard InChI is InChI=1S/C27H31N5O2/c1-6-19-9-10-22-21(13-19)26-30-29-24(16-33-5)32(26)14-23-25(18(4)8-7-11-31(22)23)27-28-20(15-34-27)12-17(2)3/h1,7,9-11,13,17-18,20H,8,12,14-16H2,2-5H3/t18?,20-/m1/s1. The lowest BCUT2D eigenvalue weighted by molar-refractivity contribution is 0.174. The van der Waals surface area contributed by atoms with Crippen molar-refractivity contribution >= 4 is 11.6 Å². The van der Waals surface area contributed by atoms with Gasteiger partial charge in [0, 0.05) is 30.0 Å². The lowest BCUT2D eigenvalue weighted by Crippen LogP contribution is -2.24. The smallest absolute Gasteiger partial charge is 0.214 e. The minimum absolute atomic E-state index is 0.200. The first-order valence-electron chi connectivity index (χ1n) is 11.9. The van der Waals surface area contributed by atoms with E-state index in [9.17, 15) is 0 Å². The molecule has 1 aromatic carbocycles. The maximum atomic E-state index is 6.24. The van der Waals surface area contributed by atoms with Gasteiger partial charge in [0.05, 0.1) is 24.0 Å². The fourth-order valence-corrected chi connectivity index (χ4v) is 5.04. The highest BCUT2D eigenvalue weighted by Gasteiger charge is 2.34. The van der Waals surface area contributed by atoms with Gasteiger partial charge >= 0.3 is 0 Å². The Labute approximate surface area is 201 Å². The predicted molar refractivity (Wildman–Crippen MR) is 133 cm³/mol. The normalized spacial score (nSPS) is 21.3. The van der Waals surface area contributed by atoms with E-state index in [0.717, 1.165) is 58.5 Å². The summed E-state index contributed by atoms with van der Waals surface area (Å²) in [5.74, 6) is 5.92. The molecule has 0 saturated carbocycles. The predicted octanol–water partition coefficient (Wildman–Crippen LogP) is 4.54. The zero-order valence-corrected chi connectivity index (χ0v) is 20.3. The van der Waals surface area contributed by atoms with E-state index in [2.05, 4.69) is 64.7 Å². The van der Waals surface area contributed by atoms with Crippen molar-refractivity contribution in [3.63, 3.8) is 0 Å². The largest absolute Gasteiger partial charge is 0.475 e. The highest BCUT2D eigenvalue weighted by Crippen LogP contribution is 2.41. The molecule has 0 fully saturated rings. The summed E-state index contributed by atoms with van der Waals surface area (Å²) in [7, 11) is 1.67. The second-order valence-corrected chi connectivity index (χ2v) is 9.62. The van der Waals surface area contributed by atoms with Gasteiger partial charge in [-0.15, -0.1) is 16.6 Å². The van der Waals surface area contributed by atoms with E-state index in [0.29, 0.717) is 25.7 Å². The van der Waals surface area contributed by atoms with Gasteiger partial charge in [-0.25, -0.2) is 4.99 Å². The van der Waals surface area contributed by atoms with Crippen LogP contribution in [0.1, 0.15) is 45.0 Å². The second-order valence-electron chi connectivity index (χ2n) is 9.62. The van der Waals surface area contributed by atoms with Crippen LogP contribution in [0.25, 0.3) is 11.4 Å². The molecule has 34 heavy (non-hydrogen) atoms. The molecule has 0 bridgehead atoms. The Balaban J connectivity index is 1.73. The third kappa shape index (κ3) is 3.92. The Morgan fingerprint density at radius 1 is 1.29 bits per heavy atom. The minimum atomic E-state index is 0.200. The van der Waals surface area contributed by atoms with Gasteiger partial charge in [-0.2, -0.15) is 0 Å². The number of ether oxygens (including phenoxy) is 2. The van der Waals surface area contributed by atoms with Crippen LogP contribution in [-0.4, -0.2) is 40.4 Å². The van der Waals surface area contributed by atoms with E-state index in [4.69, 9.17) is 20.9 Å². The average Bonchev–Trinajstić information content (AvgIpc) is 3.35. The fourth-order valence-electron chi connectivity index (χ4n) is 5.04. The van der Waals surface area contributed by atoms with Crippen molar-refractivity contribution in [3.05, 3.63) is 53.1 Å². The Kier molecular flexibility index (Phi) is 6.01. The molecule has 7 nitrogen and oxygen atoms in total. The second kappa shape index (κ2) is 9.11. The molecule has 2 aromatic rings. The maximum Gasteiger partial charge on any atom is 0.214 e. The maximum absolute atomic E-state index is 6.24. The number of fused-ring (bicyclic) bond motifs is 5. The Morgan fingerprint density at radius 3 is 2.91 bits per heavy atom. The first-order valence-corrected chi connectivity index (χ1v) is 11.9. The molecule has 0 radical (unpaired) electrons. The summed E-state index contributed by atoms with van der Waals surface area (Å²) < 4.78 is 13.8. The average molecular weight is 458 g/mol. The SMILES string of the molecule is C#Cc1ccc2c(c1)-c1nnc(COC)n1CC1=C(C3=N[C@H](CC(C)C)CO3)C(C)CC=CN12. The summed E-state index contributed by atoms with van der Waals surface area (Å²) >= 11 is 0. The first kappa shape index (κ1) is 22.4. The molecular formula is C27H31N5O2. The van der Waals surface area contributed by atoms with Crippen LogP contribution in [0.4, 0.5) is 5.69 Å². The molecule has 0 spiro atoms. The number of benzene rings is 1. The molecule has 2 atom stereocenters. The van der Waals surface area contributed by atoms with Crippen LogP contribution in [-0.2, 0) is 22.6 Å². The molecule has 3 aliphatic heterocycles. The van der Waals surface area contributed by atoms with Crippen molar-refractivity contribution in [1.29, 1.82) is 0 Å². The first-order chi connectivity index (χ1) is 16.5. The van der Waals surface area contributed by atoms with Gasteiger partial charge in [0.15, 0.2) is 11.6 Å². The summed E-state index contributed by atoms with van der Waals surface area (Å²) in [6.45, 7) is 8.30. The molecule has 0 N–H and O–H groups in total. The third-order valence-electron chi connectivity index (χ3n) is 6.60. The van der Waals surface area contributed by atoms with Crippen molar-refractivity contribution in [2.24, 2.45) is 16.8 Å². The van der Waals surface area contributed by atoms with E-state index >= 15 is 0 Å². The van der Waals surface area contributed by atoms with Gasteiger partial charge < -0.3 is 18.9 Å². The number of allylic oxidation sites excluding steroid dienone is 2. The highest BCUT2D eigenvalue weighted by molar-refractivity contribution is 5.97. The molecule has 5 rings (SSSR count). The minimum Gasteiger partial charge on any atom is -0.475 e. The Morgan fingerprint density at radius 2 is 2.15 bits per heavy atom. The van der Waals surface area contributed by atoms with Crippen molar-refractivity contribution < 1.29 is 9.47 Å². The molecule has 0 saturated heterocycles. The van der Waals surface area contributed by atoms with Crippen LogP contribution in [0.15, 0.2) is 46.7 Å². The number of aromatic nitrogens is 3. The number of anilines is 1. The monoisotopic (exact) mass is 457 g/mol. The molecule has 4 heterocycles. The number of methoxy groups -OCH3 is 1. The summed E-state index contributed by atoms with van der Waals surface area (Å²) in [5.41, 5.74) is 5.04. The van der Waals surface area contributed by atoms with E-state index in [-0.39, 0.29) is 12.0 Å². The number of rotatable bonds is 5. The summed E-state index contributed by atoms with van der Waals surface area (Å²) in [6.07, 6.45) is 12.0. The number of aliphatic imine (C=N–C) groups is 1. The van der Waals surface area contributed by atoms with Gasteiger partial charge in [-0.05, 0) is 42.9 Å². The van der Waals surface area contributed by atoms with Crippen LogP contribution in [0.2, 0.25) is 0 Å². The van der Waals surface area contributed by atoms with Gasteiger partial charge in [-0.3, -0.25) is 0 Å². The Hall–Kier alpha value is -3.37. The number of nitrogens with zero attached hydrogens (tertiary/aromatic N) is 5. The number of hydrogen-bond acceptors (Lipinski definition) is 6. The zero-order chi connectivity index (χ0) is 23.8. The molecule has 176 valence electrons. The van der Waals surface area contributed by atoms with Crippen LogP contribution < -0.4 is 4.90 Å². The lowest BCUT2D eigenvalue weighted by Gasteiger charge is -2.26. The summed E-state index contributed by atoms with van der Waals surface area (Å²) in [6, 6.07) is 6.26. The summed E-state index contributed by atoms with van der Waals surface area (Å²) in [4.78, 5) is 7.29. The van der Waals surface area contributed by atoms with Gasteiger partial charge in [0.25, 0.3) is 0 Å². The van der Waals surface area contributed by atoms with Gasteiger partial charge in [-0.1, -0.05) is 32.8 Å². The van der Waals surface area contributed by atoms with Crippen molar-refractivity contribution in [2.45, 2.75) is 52.8 Å². The molecular weight excluding hydrogens is 426 g/mol. The van der Waals surface area contributed by atoms with E-state index in [1.54, 1.807) is 7.11 Å². The Bertz CT molecular complexity index is 1230. The van der Waals surface area contributed by atoms with Gasteiger partial charge in [0.2, 0.25) is 5.90 Å². The molecule has 3 aliphatic rings. The molecule has 0 amide bonds. The highest BCUT2D eigenvalue weighted by atomic mass is 16.5. The van der Waals surface area contributed by atoms with Crippen molar-refractivity contribution in [3.8, 4) is 23.7 Å². The van der Waals surface area contributed by atoms with Crippen LogP contribution in [0, 0.1) is 24.2 Å². The zero-order valence-electron chi connectivity index (χ0n) is 20.3. The molecule has 7 heteroatoms. The topological polar surface area (TPSA) is 64.8 Å².